The van der Waals surface area contributed by atoms with Gasteiger partial charge in [-0.15, -0.1) is 0 Å². The minimum absolute atomic E-state index is 0.159. The summed E-state index contributed by atoms with van der Waals surface area (Å²) in [6.45, 7) is 1.83. The summed E-state index contributed by atoms with van der Waals surface area (Å²) < 4.78 is 5.81. The van der Waals surface area contributed by atoms with E-state index in [-0.39, 0.29) is 12.1 Å². The highest BCUT2D eigenvalue weighted by Crippen LogP contribution is 2.34. The van der Waals surface area contributed by atoms with Crippen molar-refractivity contribution in [3.8, 4) is 0 Å². The fourth-order valence-corrected chi connectivity index (χ4v) is 4.34. The molecule has 1 fully saturated rings. The molecule has 0 aliphatic carbocycles. The van der Waals surface area contributed by atoms with E-state index >= 15 is 0 Å². The first-order chi connectivity index (χ1) is 14.1. The molecule has 29 heavy (non-hydrogen) atoms. The zero-order valence-corrected chi connectivity index (χ0v) is 17.5. The Morgan fingerprint density at radius 2 is 1.55 bits per heavy atom. The Hall–Kier alpha value is -2.17. The van der Waals surface area contributed by atoms with Gasteiger partial charge in [0.1, 0.15) is 6.10 Å². The van der Waals surface area contributed by atoms with Crippen LogP contribution in [-0.4, -0.2) is 35.1 Å². The van der Waals surface area contributed by atoms with Gasteiger partial charge in [0.05, 0.1) is 6.10 Å². The average molecular weight is 396 g/mol. The van der Waals surface area contributed by atoms with Gasteiger partial charge in [0, 0.05) is 24.9 Å². The maximum Gasteiger partial charge on any atom is 0.306 e. The molecule has 2 aromatic rings. The highest BCUT2D eigenvalue weighted by Gasteiger charge is 2.32. The molecule has 1 heterocycles. The van der Waals surface area contributed by atoms with Crippen LogP contribution in [0.15, 0.2) is 60.7 Å². The van der Waals surface area contributed by atoms with E-state index in [4.69, 9.17) is 4.74 Å². The van der Waals surface area contributed by atoms with Crippen LogP contribution < -0.4 is 0 Å². The molecule has 2 aromatic carbocycles. The monoisotopic (exact) mass is 395 g/mol. The van der Waals surface area contributed by atoms with Crippen LogP contribution in [0, 0.1) is 0 Å². The number of ether oxygens (including phenoxy) is 1. The SMILES string of the molecule is CCC(=O)O[C@@H](C[C@@H]1CCC[C@H](C[C@@H](O)c2ccccc2)N1C)c1ccccc1. The van der Waals surface area contributed by atoms with Gasteiger partial charge < -0.3 is 14.7 Å². The largest absolute Gasteiger partial charge is 0.457 e. The summed E-state index contributed by atoms with van der Waals surface area (Å²) in [6, 6.07) is 20.6. The molecule has 1 aliphatic heterocycles. The van der Waals surface area contributed by atoms with Crippen molar-refractivity contribution in [1.82, 2.24) is 4.90 Å². The van der Waals surface area contributed by atoms with Gasteiger partial charge in [-0.3, -0.25) is 4.79 Å². The van der Waals surface area contributed by atoms with E-state index in [1.165, 1.54) is 0 Å². The zero-order valence-electron chi connectivity index (χ0n) is 17.5. The molecular weight excluding hydrogens is 362 g/mol. The molecule has 0 bridgehead atoms. The standard InChI is InChI=1S/C25H33NO3/c1-3-25(28)29-24(20-13-8-5-9-14-20)18-22-16-10-15-21(26(22)2)17-23(27)19-11-6-4-7-12-19/h4-9,11-14,21-24,27H,3,10,15-18H2,1-2H3/t21-,22+,23-,24+/m1/s1. The third-order valence-corrected chi connectivity index (χ3v) is 6.13. The van der Waals surface area contributed by atoms with Crippen LogP contribution in [0.2, 0.25) is 0 Å². The van der Waals surface area contributed by atoms with Crippen molar-refractivity contribution >= 4 is 5.97 Å². The van der Waals surface area contributed by atoms with Gasteiger partial charge in [0.2, 0.25) is 0 Å². The fraction of sp³-hybridized carbons (Fsp3) is 0.480. The van der Waals surface area contributed by atoms with E-state index in [0.29, 0.717) is 18.5 Å². The summed E-state index contributed by atoms with van der Waals surface area (Å²) in [5.41, 5.74) is 2.02. The number of likely N-dealkylation sites (tertiary alicyclic amines) is 1. The van der Waals surface area contributed by atoms with E-state index in [0.717, 1.165) is 43.2 Å². The second-order valence-electron chi connectivity index (χ2n) is 8.04. The Morgan fingerprint density at radius 3 is 2.14 bits per heavy atom. The lowest BCUT2D eigenvalue weighted by atomic mass is 9.88. The average Bonchev–Trinajstić information content (AvgIpc) is 2.77. The van der Waals surface area contributed by atoms with E-state index in [1.807, 2.05) is 67.6 Å². The highest BCUT2D eigenvalue weighted by molar-refractivity contribution is 5.69. The normalized spacial score (nSPS) is 22.0. The lowest BCUT2D eigenvalue weighted by Crippen LogP contribution is -2.45. The third-order valence-electron chi connectivity index (χ3n) is 6.13. The number of esters is 1. The minimum Gasteiger partial charge on any atom is -0.457 e. The number of rotatable bonds is 8. The predicted octanol–water partition coefficient (Wildman–Crippen LogP) is 5.05. The van der Waals surface area contributed by atoms with Crippen LogP contribution >= 0.6 is 0 Å². The Labute approximate surface area is 174 Å². The Balaban J connectivity index is 1.67. The van der Waals surface area contributed by atoms with Gasteiger partial charge in [-0.25, -0.2) is 0 Å². The molecule has 4 heteroatoms. The minimum atomic E-state index is -0.453. The summed E-state index contributed by atoms with van der Waals surface area (Å²) >= 11 is 0. The molecule has 1 saturated heterocycles. The molecule has 156 valence electrons. The van der Waals surface area contributed by atoms with Crippen molar-refractivity contribution in [2.45, 2.75) is 69.7 Å². The van der Waals surface area contributed by atoms with Gasteiger partial charge in [-0.05, 0) is 37.4 Å². The van der Waals surface area contributed by atoms with Crippen molar-refractivity contribution < 1.29 is 14.6 Å². The summed E-state index contributed by atoms with van der Waals surface area (Å²) in [5, 5.41) is 10.7. The van der Waals surface area contributed by atoms with E-state index < -0.39 is 6.10 Å². The van der Waals surface area contributed by atoms with Gasteiger partial charge in [0.25, 0.3) is 0 Å². The summed E-state index contributed by atoms with van der Waals surface area (Å²) in [4.78, 5) is 14.4. The molecule has 0 saturated carbocycles. The van der Waals surface area contributed by atoms with Crippen molar-refractivity contribution in [3.63, 3.8) is 0 Å². The number of piperidine rings is 1. The first-order valence-electron chi connectivity index (χ1n) is 10.8. The molecule has 4 atom stereocenters. The second kappa shape index (κ2) is 10.6. The van der Waals surface area contributed by atoms with Crippen LogP contribution in [0.4, 0.5) is 0 Å². The number of carbonyl (C=O) groups is 1. The lowest BCUT2D eigenvalue weighted by Gasteiger charge is -2.41. The number of carbonyl (C=O) groups excluding carboxylic acids is 1. The zero-order chi connectivity index (χ0) is 20.6. The van der Waals surface area contributed by atoms with E-state index in [9.17, 15) is 9.90 Å². The van der Waals surface area contributed by atoms with Crippen LogP contribution in [0.1, 0.15) is 68.8 Å². The number of nitrogens with zero attached hydrogens (tertiary/aromatic N) is 1. The Kier molecular flexibility index (Phi) is 7.84. The van der Waals surface area contributed by atoms with E-state index in [2.05, 4.69) is 11.9 Å². The van der Waals surface area contributed by atoms with Gasteiger partial charge in [-0.2, -0.15) is 0 Å². The molecule has 1 aliphatic rings. The molecular formula is C25H33NO3. The predicted molar refractivity (Wildman–Crippen MR) is 115 cm³/mol. The maximum absolute atomic E-state index is 12.0. The molecule has 0 amide bonds. The number of hydrogen-bond acceptors (Lipinski definition) is 4. The van der Waals surface area contributed by atoms with Crippen LogP contribution in [0.5, 0.6) is 0 Å². The van der Waals surface area contributed by atoms with Crippen LogP contribution in [0.3, 0.4) is 0 Å². The molecule has 0 spiro atoms. The number of aliphatic hydroxyl groups excluding tert-OH is 1. The van der Waals surface area contributed by atoms with Crippen LogP contribution in [-0.2, 0) is 9.53 Å². The topological polar surface area (TPSA) is 49.8 Å². The molecule has 3 rings (SSSR count). The molecule has 1 N–H and O–H groups in total. The van der Waals surface area contributed by atoms with Gasteiger partial charge in [0.15, 0.2) is 0 Å². The maximum atomic E-state index is 12.0. The van der Waals surface area contributed by atoms with Gasteiger partial charge >= 0.3 is 5.97 Å². The molecule has 4 nitrogen and oxygen atoms in total. The van der Waals surface area contributed by atoms with E-state index in [1.54, 1.807) is 0 Å². The van der Waals surface area contributed by atoms with Crippen LogP contribution in [0.25, 0.3) is 0 Å². The number of aliphatic hydroxyl groups is 1. The molecule has 0 aromatic heterocycles. The quantitative estimate of drug-likeness (QED) is 0.636. The second-order valence-corrected chi connectivity index (χ2v) is 8.04. The van der Waals surface area contributed by atoms with Crippen molar-refractivity contribution in [1.29, 1.82) is 0 Å². The summed E-state index contributed by atoms with van der Waals surface area (Å²) in [5.74, 6) is -0.159. The lowest BCUT2D eigenvalue weighted by molar-refractivity contribution is -0.150. The molecule has 0 unspecified atom stereocenters. The Bertz CT molecular complexity index is 749. The van der Waals surface area contributed by atoms with Crippen molar-refractivity contribution in [3.05, 3.63) is 71.8 Å². The van der Waals surface area contributed by atoms with Crippen molar-refractivity contribution in [2.24, 2.45) is 0 Å². The first kappa shape index (κ1) is 21.5. The van der Waals surface area contributed by atoms with Gasteiger partial charge in [-0.1, -0.05) is 74.0 Å². The highest BCUT2D eigenvalue weighted by atomic mass is 16.5. The van der Waals surface area contributed by atoms with Crippen molar-refractivity contribution in [2.75, 3.05) is 7.05 Å². The summed E-state index contributed by atoms with van der Waals surface area (Å²) in [7, 11) is 2.15. The Morgan fingerprint density at radius 1 is 1.00 bits per heavy atom. The first-order valence-corrected chi connectivity index (χ1v) is 10.8. The fourth-order valence-electron chi connectivity index (χ4n) is 4.34. The smallest absolute Gasteiger partial charge is 0.306 e. The number of hydrogen-bond donors (Lipinski definition) is 1. The molecule has 0 radical (unpaired) electrons. The summed E-state index contributed by atoms with van der Waals surface area (Å²) in [6.07, 6.45) is 4.51. The number of benzene rings is 2. The third kappa shape index (κ3) is 5.91.